The van der Waals surface area contributed by atoms with Crippen LogP contribution >= 0.6 is 0 Å². The van der Waals surface area contributed by atoms with Crippen molar-refractivity contribution in [2.24, 2.45) is 5.92 Å². The molecule has 0 saturated carbocycles. The van der Waals surface area contributed by atoms with Crippen LogP contribution in [0, 0.1) is 5.92 Å². The standard InChI is InChI=1S/C22H23N5O3/c1-3-18-20(14-8-10-23-11-9-14)25-26-21(18)24-22(29)15-12-19(28)27(13-15)16-4-6-17(30-2)7-5-16/h4-11,15H,3,12-13H2,1-2H3,(H2,24,25,26,29). The molecule has 1 aliphatic heterocycles. The average Bonchev–Trinajstić information content (AvgIpc) is 3.37. The van der Waals surface area contributed by atoms with E-state index in [-0.39, 0.29) is 18.2 Å². The van der Waals surface area contributed by atoms with Crippen molar-refractivity contribution in [1.29, 1.82) is 0 Å². The van der Waals surface area contributed by atoms with Crippen molar-refractivity contribution in [2.45, 2.75) is 19.8 Å². The van der Waals surface area contributed by atoms with Crippen molar-refractivity contribution in [3.8, 4) is 17.0 Å². The molecule has 0 radical (unpaired) electrons. The number of methoxy groups -OCH3 is 1. The zero-order chi connectivity index (χ0) is 21.1. The van der Waals surface area contributed by atoms with Crippen molar-refractivity contribution < 1.29 is 14.3 Å². The summed E-state index contributed by atoms with van der Waals surface area (Å²) in [6.45, 7) is 2.34. The van der Waals surface area contributed by atoms with E-state index < -0.39 is 5.92 Å². The van der Waals surface area contributed by atoms with Gasteiger partial charge in [-0.1, -0.05) is 6.92 Å². The van der Waals surface area contributed by atoms with Crippen LogP contribution in [0.4, 0.5) is 11.5 Å². The van der Waals surface area contributed by atoms with E-state index in [0.29, 0.717) is 18.8 Å². The molecular weight excluding hydrogens is 382 g/mol. The molecule has 2 amide bonds. The summed E-state index contributed by atoms with van der Waals surface area (Å²) in [7, 11) is 1.59. The van der Waals surface area contributed by atoms with Gasteiger partial charge in [-0.25, -0.2) is 0 Å². The quantitative estimate of drug-likeness (QED) is 0.657. The summed E-state index contributed by atoms with van der Waals surface area (Å²) < 4.78 is 5.16. The van der Waals surface area contributed by atoms with Crippen LogP contribution in [0.15, 0.2) is 48.8 Å². The largest absolute Gasteiger partial charge is 0.497 e. The minimum atomic E-state index is -0.439. The van der Waals surface area contributed by atoms with Gasteiger partial charge in [-0.05, 0) is 42.8 Å². The van der Waals surface area contributed by atoms with Crippen molar-refractivity contribution >= 4 is 23.3 Å². The zero-order valence-electron chi connectivity index (χ0n) is 16.9. The molecular formula is C22H23N5O3. The van der Waals surface area contributed by atoms with Gasteiger partial charge in [0.2, 0.25) is 11.8 Å². The minimum absolute atomic E-state index is 0.0736. The third kappa shape index (κ3) is 3.76. The zero-order valence-corrected chi connectivity index (χ0v) is 16.9. The fourth-order valence-electron chi connectivity index (χ4n) is 3.68. The molecule has 0 spiro atoms. The summed E-state index contributed by atoms with van der Waals surface area (Å²) >= 11 is 0. The van der Waals surface area contributed by atoms with E-state index in [1.165, 1.54) is 0 Å². The second-order valence-electron chi connectivity index (χ2n) is 7.11. The van der Waals surface area contributed by atoms with Gasteiger partial charge in [0.05, 0.1) is 18.7 Å². The summed E-state index contributed by atoms with van der Waals surface area (Å²) in [5.41, 5.74) is 3.49. The molecule has 0 bridgehead atoms. The van der Waals surface area contributed by atoms with Gasteiger partial charge < -0.3 is 15.0 Å². The second-order valence-corrected chi connectivity index (χ2v) is 7.11. The lowest BCUT2D eigenvalue weighted by molar-refractivity contribution is -0.122. The highest BCUT2D eigenvalue weighted by Gasteiger charge is 2.35. The Bertz CT molecular complexity index is 1050. The Morgan fingerprint density at radius 3 is 2.63 bits per heavy atom. The summed E-state index contributed by atoms with van der Waals surface area (Å²) in [6.07, 6.45) is 4.30. The first-order chi connectivity index (χ1) is 14.6. The average molecular weight is 405 g/mol. The first-order valence-corrected chi connectivity index (χ1v) is 9.83. The highest BCUT2D eigenvalue weighted by Crippen LogP contribution is 2.30. The Balaban J connectivity index is 1.48. The number of nitrogens with one attached hydrogen (secondary N) is 2. The molecule has 30 heavy (non-hydrogen) atoms. The number of nitrogens with zero attached hydrogens (tertiary/aromatic N) is 3. The first kappa shape index (κ1) is 19.6. The number of hydrogen-bond acceptors (Lipinski definition) is 5. The molecule has 1 atom stereocenters. The maximum absolute atomic E-state index is 12.9. The number of anilines is 2. The Kier molecular flexibility index (Phi) is 5.47. The SMILES string of the molecule is CCc1c(NC(=O)C2CC(=O)N(c3ccc(OC)cc3)C2)n[nH]c1-c1ccncc1. The normalized spacial score (nSPS) is 16.0. The van der Waals surface area contributed by atoms with Crippen LogP contribution in [0.2, 0.25) is 0 Å². The van der Waals surface area contributed by atoms with Gasteiger partial charge in [0, 0.05) is 42.2 Å². The van der Waals surface area contributed by atoms with E-state index in [1.807, 2.05) is 31.2 Å². The molecule has 1 aromatic carbocycles. The number of carbonyl (C=O) groups is 2. The fourth-order valence-corrected chi connectivity index (χ4v) is 3.68. The lowest BCUT2D eigenvalue weighted by atomic mass is 10.1. The monoisotopic (exact) mass is 405 g/mol. The number of aromatic amines is 1. The predicted octanol–water partition coefficient (Wildman–Crippen LogP) is 3.03. The van der Waals surface area contributed by atoms with Crippen LogP contribution in [0.3, 0.4) is 0 Å². The molecule has 1 saturated heterocycles. The number of H-pyrrole nitrogens is 1. The molecule has 8 nitrogen and oxygen atoms in total. The molecule has 8 heteroatoms. The van der Waals surface area contributed by atoms with Crippen LogP contribution in [0.1, 0.15) is 18.9 Å². The van der Waals surface area contributed by atoms with Crippen LogP contribution in [0.5, 0.6) is 5.75 Å². The van der Waals surface area contributed by atoms with Gasteiger partial charge in [-0.3, -0.25) is 19.7 Å². The van der Waals surface area contributed by atoms with Crippen molar-refractivity contribution in [2.75, 3.05) is 23.9 Å². The van der Waals surface area contributed by atoms with Gasteiger partial charge in [0.15, 0.2) is 5.82 Å². The Morgan fingerprint density at radius 1 is 1.23 bits per heavy atom. The van der Waals surface area contributed by atoms with E-state index in [4.69, 9.17) is 4.74 Å². The smallest absolute Gasteiger partial charge is 0.231 e. The van der Waals surface area contributed by atoms with E-state index in [0.717, 1.165) is 28.3 Å². The van der Waals surface area contributed by atoms with Crippen LogP contribution < -0.4 is 15.0 Å². The lowest BCUT2D eigenvalue weighted by Gasteiger charge is -2.17. The molecule has 4 rings (SSSR count). The van der Waals surface area contributed by atoms with Gasteiger partial charge in [0.1, 0.15) is 5.75 Å². The molecule has 0 aliphatic carbocycles. The summed E-state index contributed by atoms with van der Waals surface area (Å²) in [5.74, 6) is 0.503. The third-order valence-corrected chi connectivity index (χ3v) is 5.31. The number of aromatic nitrogens is 3. The number of hydrogen-bond donors (Lipinski definition) is 2. The second kappa shape index (κ2) is 8.36. The number of carbonyl (C=O) groups excluding carboxylic acids is 2. The van der Waals surface area contributed by atoms with Gasteiger partial charge >= 0.3 is 0 Å². The number of benzene rings is 1. The molecule has 3 aromatic rings. The predicted molar refractivity (Wildman–Crippen MR) is 113 cm³/mol. The van der Waals surface area contributed by atoms with Crippen molar-refractivity contribution in [1.82, 2.24) is 15.2 Å². The fraction of sp³-hybridized carbons (Fsp3) is 0.273. The number of pyridine rings is 1. The maximum atomic E-state index is 12.9. The maximum Gasteiger partial charge on any atom is 0.231 e. The molecule has 1 aliphatic rings. The molecule has 2 N–H and O–H groups in total. The summed E-state index contributed by atoms with van der Waals surface area (Å²) in [6, 6.07) is 11.0. The van der Waals surface area contributed by atoms with Crippen LogP contribution in [-0.4, -0.2) is 40.7 Å². The highest BCUT2D eigenvalue weighted by atomic mass is 16.5. The molecule has 1 fully saturated rings. The number of amides is 2. The van der Waals surface area contributed by atoms with Gasteiger partial charge in [-0.2, -0.15) is 5.10 Å². The van der Waals surface area contributed by atoms with Crippen molar-refractivity contribution in [3.63, 3.8) is 0 Å². The van der Waals surface area contributed by atoms with Crippen LogP contribution in [-0.2, 0) is 16.0 Å². The molecule has 2 aromatic heterocycles. The van der Waals surface area contributed by atoms with E-state index >= 15 is 0 Å². The molecule has 154 valence electrons. The summed E-state index contributed by atoms with van der Waals surface area (Å²) in [5, 5.41) is 10.2. The molecule has 1 unspecified atom stereocenters. The van der Waals surface area contributed by atoms with E-state index in [9.17, 15) is 9.59 Å². The first-order valence-electron chi connectivity index (χ1n) is 9.83. The van der Waals surface area contributed by atoms with Crippen molar-refractivity contribution in [3.05, 3.63) is 54.4 Å². The van der Waals surface area contributed by atoms with Gasteiger partial charge in [0.25, 0.3) is 0 Å². The van der Waals surface area contributed by atoms with Crippen LogP contribution in [0.25, 0.3) is 11.3 Å². The Labute approximate surface area is 174 Å². The minimum Gasteiger partial charge on any atom is -0.497 e. The van der Waals surface area contributed by atoms with Gasteiger partial charge in [-0.15, -0.1) is 0 Å². The van der Waals surface area contributed by atoms with E-state index in [2.05, 4.69) is 20.5 Å². The topological polar surface area (TPSA) is 100 Å². The lowest BCUT2D eigenvalue weighted by Crippen LogP contribution is -2.28. The summed E-state index contributed by atoms with van der Waals surface area (Å²) in [4.78, 5) is 31.0. The van der Waals surface area contributed by atoms with E-state index in [1.54, 1.807) is 36.5 Å². The Morgan fingerprint density at radius 2 is 1.97 bits per heavy atom. The molecule has 3 heterocycles. The Hall–Kier alpha value is -3.68. The highest BCUT2D eigenvalue weighted by molar-refractivity contribution is 6.03. The number of ether oxygens (including phenoxy) is 1. The number of rotatable bonds is 6. The third-order valence-electron chi connectivity index (χ3n) is 5.31.